The number of nitrogens with one attached hydrogen (secondary N) is 1. The first kappa shape index (κ1) is 13.7. The van der Waals surface area contributed by atoms with Gasteiger partial charge in [0.05, 0.1) is 11.4 Å². The summed E-state index contributed by atoms with van der Waals surface area (Å²) in [6.45, 7) is 4.70. The minimum atomic E-state index is 0.0758. The van der Waals surface area contributed by atoms with Gasteiger partial charge in [-0.1, -0.05) is 29.8 Å². The first-order valence-corrected chi connectivity index (χ1v) is 7.18. The number of carbonyl (C=O) groups is 1. The molecule has 1 aromatic carbocycles. The summed E-state index contributed by atoms with van der Waals surface area (Å²) in [7, 11) is 0. The first-order chi connectivity index (χ1) is 9.13. The molecule has 1 aromatic heterocycles. The SMILES string of the molecule is Cc1cccc(CC(=O)NCCc2cnc(C)s2)c1. The van der Waals surface area contributed by atoms with Gasteiger partial charge in [-0.3, -0.25) is 4.79 Å². The molecule has 0 unspecified atom stereocenters. The van der Waals surface area contributed by atoms with Crippen molar-refractivity contribution in [2.75, 3.05) is 6.54 Å². The van der Waals surface area contributed by atoms with Gasteiger partial charge in [0.25, 0.3) is 0 Å². The van der Waals surface area contributed by atoms with Crippen LogP contribution in [0.25, 0.3) is 0 Å². The highest BCUT2D eigenvalue weighted by atomic mass is 32.1. The third-order valence-corrected chi connectivity index (χ3v) is 3.78. The van der Waals surface area contributed by atoms with Crippen LogP contribution in [0.5, 0.6) is 0 Å². The summed E-state index contributed by atoms with van der Waals surface area (Å²) >= 11 is 1.68. The van der Waals surface area contributed by atoms with Crippen LogP contribution < -0.4 is 5.32 Å². The van der Waals surface area contributed by atoms with E-state index in [0.717, 1.165) is 17.0 Å². The Balaban J connectivity index is 1.76. The van der Waals surface area contributed by atoms with Gasteiger partial charge >= 0.3 is 0 Å². The van der Waals surface area contributed by atoms with Crippen LogP contribution in [0.4, 0.5) is 0 Å². The van der Waals surface area contributed by atoms with E-state index >= 15 is 0 Å². The third-order valence-electron chi connectivity index (χ3n) is 2.81. The normalized spacial score (nSPS) is 10.4. The zero-order valence-corrected chi connectivity index (χ0v) is 12.1. The number of thiazole rings is 1. The molecule has 0 saturated carbocycles. The average Bonchev–Trinajstić information content (AvgIpc) is 2.75. The van der Waals surface area contributed by atoms with Gasteiger partial charge in [-0.25, -0.2) is 4.98 Å². The van der Waals surface area contributed by atoms with Crippen LogP contribution in [0.15, 0.2) is 30.5 Å². The van der Waals surface area contributed by atoms with Crippen molar-refractivity contribution in [2.45, 2.75) is 26.7 Å². The number of rotatable bonds is 5. The maximum Gasteiger partial charge on any atom is 0.224 e. The number of hydrogen-bond acceptors (Lipinski definition) is 3. The Kier molecular flexibility index (Phi) is 4.68. The highest BCUT2D eigenvalue weighted by Gasteiger charge is 2.04. The zero-order valence-electron chi connectivity index (χ0n) is 11.3. The van der Waals surface area contributed by atoms with Crippen LogP contribution in [-0.4, -0.2) is 17.4 Å². The molecule has 0 fully saturated rings. The van der Waals surface area contributed by atoms with Crippen molar-refractivity contribution in [1.82, 2.24) is 10.3 Å². The molecule has 0 radical (unpaired) electrons. The second-order valence-corrected chi connectivity index (χ2v) is 5.93. The molecule has 0 bridgehead atoms. The van der Waals surface area contributed by atoms with E-state index in [0.29, 0.717) is 13.0 Å². The van der Waals surface area contributed by atoms with Crippen molar-refractivity contribution in [3.8, 4) is 0 Å². The van der Waals surface area contributed by atoms with Crippen molar-refractivity contribution in [3.63, 3.8) is 0 Å². The number of benzene rings is 1. The fourth-order valence-electron chi connectivity index (χ4n) is 1.92. The summed E-state index contributed by atoms with van der Waals surface area (Å²) in [6, 6.07) is 8.05. The Bertz CT molecular complexity index is 563. The minimum Gasteiger partial charge on any atom is -0.355 e. The lowest BCUT2D eigenvalue weighted by atomic mass is 10.1. The molecule has 1 heterocycles. The second-order valence-electron chi connectivity index (χ2n) is 4.61. The lowest BCUT2D eigenvalue weighted by molar-refractivity contribution is -0.120. The lowest BCUT2D eigenvalue weighted by Gasteiger charge is -2.05. The van der Waals surface area contributed by atoms with Gasteiger partial charge in [0.1, 0.15) is 0 Å². The molecule has 2 aromatic rings. The Hall–Kier alpha value is -1.68. The van der Waals surface area contributed by atoms with Gasteiger partial charge in [0, 0.05) is 24.0 Å². The molecule has 1 N–H and O–H groups in total. The molecule has 4 heteroatoms. The zero-order chi connectivity index (χ0) is 13.7. The number of aromatic nitrogens is 1. The quantitative estimate of drug-likeness (QED) is 0.910. The fourth-order valence-corrected chi connectivity index (χ4v) is 2.71. The van der Waals surface area contributed by atoms with Gasteiger partial charge in [-0.15, -0.1) is 11.3 Å². The van der Waals surface area contributed by atoms with E-state index in [1.165, 1.54) is 10.4 Å². The van der Waals surface area contributed by atoms with Crippen LogP contribution in [0.1, 0.15) is 21.0 Å². The highest BCUT2D eigenvalue weighted by Crippen LogP contribution is 2.11. The van der Waals surface area contributed by atoms with Gasteiger partial charge in [-0.2, -0.15) is 0 Å². The Morgan fingerprint density at radius 2 is 2.21 bits per heavy atom. The average molecular weight is 274 g/mol. The Labute approximate surface area is 117 Å². The molecule has 1 amide bonds. The number of nitrogens with zero attached hydrogens (tertiary/aromatic N) is 1. The predicted octanol–water partition coefficient (Wildman–Crippen LogP) is 2.66. The molecule has 0 aliphatic heterocycles. The van der Waals surface area contributed by atoms with Crippen molar-refractivity contribution < 1.29 is 4.79 Å². The molecule has 100 valence electrons. The predicted molar refractivity (Wildman–Crippen MR) is 78.4 cm³/mol. The number of aryl methyl sites for hydroxylation is 2. The molecule has 0 aliphatic carbocycles. The van der Waals surface area contributed by atoms with Crippen molar-refractivity contribution >= 4 is 17.2 Å². The number of amides is 1. The number of carbonyl (C=O) groups excluding carboxylic acids is 1. The van der Waals surface area contributed by atoms with E-state index in [1.54, 1.807) is 11.3 Å². The van der Waals surface area contributed by atoms with E-state index in [4.69, 9.17) is 0 Å². The van der Waals surface area contributed by atoms with E-state index < -0.39 is 0 Å². The lowest BCUT2D eigenvalue weighted by Crippen LogP contribution is -2.27. The van der Waals surface area contributed by atoms with Crippen LogP contribution in [-0.2, 0) is 17.6 Å². The van der Waals surface area contributed by atoms with E-state index in [9.17, 15) is 4.79 Å². The highest BCUT2D eigenvalue weighted by molar-refractivity contribution is 7.11. The summed E-state index contributed by atoms with van der Waals surface area (Å²) in [6.07, 6.45) is 3.18. The number of hydrogen-bond donors (Lipinski definition) is 1. The first-order valence-electron chi connectivity index (χ1n) is 6.37. The summed E-state index contributed by atoms with van der Waals surface area (Å²) in [5.74, 6) is 0.0758. The molecule has 0 spiro atoms. The summed E-state index contributed by atoms with van der Waals surface area (Å²) in [5.41, 5.74) is 2.25. The molecule has 0 aliphatic rings. The van der Waals surface area contributed by atoms with Crippen LogP contribution in [0, 0.1) is 13.8 Å². The molecule has 0 saturated heterocycles. The Morgan fingerprint density at radius 1 is 1.37 bits per heavy atom. The van der Waals surface area contributed by atoms with Crippen molar-refractivity contribution in [1.29, 1.82) is 0 Å². The van der Waals surface area contributed by atoms with Crippen LogP contribution in [0.3, 0.4) is 0 Å². The van der Waals surface area contributed by atoms with E-state index in [2.05, 4.69) is 10.3 Å². The van der Waals surface area contributed by atoms with Gasteiger partial charge < -0.3 is 5.32 Å². The minimum absolute atomic E-state index is 0.0758. The van der Waals surface area contributed by atoms with Crippen LogP contribution in [0.2, 0.25) is 0 Å². The largest absolute Gasteiger partial charge is 0.355 e. The van der Waals surface area contributed by atoms with E-state index in [1.807, 2.05) is 44.3 Å². The fraction of sp³-hybridized carbons (Fsp3) is 0.333. The van der Waals surface area contributed by atoms with Gasteiger partial charge in [0.15, 0.2) is 0 Å². The molecular formula is C15H18N2OS. The topological polar surface area (TPSA) is 42.0 Å². The van der Waals surface area contributed by atoms with Gasteiger partial charge in [0.2, 0.25) is 5.91 Å². The smallest absolute Gasteiger partial charge is 0.224 e. The van der Waals surface area contributed by atoms with Crippen molar-refractivity contribution in [2.24, 2.45) is 0 Å². The van der Waals surface area contributed by atoms with Crippen LogP contribution >= 0.6 is 11.3 Å². The molecular weight excluding hydrogens is 256 g/mol. The summed E-state index contributed by atoms with van der Waals surface area (Å²) in [4.78, 5) is 17.2. The molecule has 19 heavy (non-hydrogen) atoms. The summed E-state index contributed by atoms with van der Waals surface area (Å²) in [5, 5.41) is 4.02. The molecule has 3 nitrogen and oxygen atoms in total. The monoisotopic (exact) mass is 274 g/mol. The Morgan fingerprint density at radius 3 is 2.89 bits per heavy atom. The molecule has 2 rings (SSSR count). The van der Waals surface area contributed by atoms with E-state index in [-0.39, 0.29) is 5.91 Å². The maximum atomic E-state index is 11.8. The molecule has 0 atom stereocenters. The second kappa shape index (κ2) is 6.48. The van der Waals surface area contributed by atoms with Crippen molar-refractivity contribution in [3.05, 3.63) is 51.5 Å². The van der Waals surface area contributed by atoms with Gasteiger partial charge in [-0.05, 0) is 19.4 Å². The maximum absolute atomic E-state index is 11.8. The standard InChI is InChI=1S/C15H18N2OS/c1-11-4-3-5-13(8-11)9-15(18)16-7-6-14-10-17-12(2)19-14/h3-5,8,10H,6-7,9H2,1-2H3,(H,16,18). The third kappa shape index (κ3) is 4.48. The summed E-state index contributed by atoms with van der Waals surface area (Å²) < 4.78 is 0.